The Kier molecular flexibility index (Phi) is 6.37. The Balaban J connectivity index is 1.39. The fourth-order valence-electron chi connectivity index (χ4n) is 3.53. The van der Waals surface area contributed by atoms with Gasteiger partial charge < -0.3 is 20.0 Å². The summed E-state index contributed by atoms with van der Waals surface area (Å²) in [7, 11) is 1.90. The van der Waals surface area contributed by atoms with Crippen molar-refractivity contribution in [1.29, 1.82) is 0 Å². The Morgan fingerprint density at radius 2 is 1.96 bits per heavy atom. The summed E-state index contributed by atoms with van der Waals surface area (Å²) in [5, 5.41) is 7.11. The lowest BCUT2D eigenvalue weighted by atomic mass is 9.99. The van der Waals surface area contributed by atoms with E-state index >= 15 is 0 Å². The van der Waals surface area contributed by atoms with Crippen LogP contribution >= 0.6 is 11.3 Å². The molecule has 134 valence electrons. The minimum atomic E-state index is 0.904. The van der Waals surface area contributed by atoms with Crippen LogP contribution in [-0.2, 0) is 0 Å². The quantitative estimate of drug-likeness (QED) is 0.667. The van der Waals surface area contributed by atoms with Gasteiger partial charge in [-0.05, 0) is 49.4 Å². The largest absolute Gasteiger partial charge is 0.360 e. The second-order valence-electron chi connectivity index (χ2n) is 6.92. The van der Waals surface area contributed by atoms with Crippen LogP contribution in [0.3, 0.4) is 0 Å². The third-order valence-corrected chi connectivity index (χ3v) is 6.13. The predicted octanol–water partition coefficient (Wildman–Crippen LogP) is 2.18. The number of likely N-dealkylation sites (tertiary alicyclic amines) is 1. The summed E-state index contributed by atoms with van der Waals surface area (Å²) >= 11 is 1.83. The number of hydrogen-bond acceptors (Lipinski definition) is 4. The zero-order valence-electron chi connectivity index (χ0n) is 15.1. The Morgan fingerprint density at radius 1 is 1.21 bits per heavy atom. The molecule has 0 aromatic carbocycles. The molecule has 5 nitrogen and oxygen atoms in total. The second-order valence-corrected chi connectivity index (χ2v) is 7.85. The van der Waals surface area contributed by atoms with Gasteiger partial charge in [0.15, 0.2) is 5.96 Å². The SMILES string of the molecule is CN=C(NCCN1CCC(C)CC1)N1CCN(c2cccs2)CC1. The van der Waals surface area contributed by atoms with Crippen LogP contribution in [0.2, 0.25) is 0 Å². The van der Waals surface area contributed by atoms with E-state index in [1.54, 1.807) is 0 Å². The van der Waals surface area contributed by atoms with Gasteiger partial charge in [0.2, 0.25) is 0 Å². The number of thiophene rings is 1. The van der Waals surface area contributed by atoms with Crippen LogP contribution in [0.4, 0.5) is 5.00 Å². The van der Waals surface area contributed by atoms with Crippen molar-refractivity contribution in [3.63, 3.8) is 0 Å². The molecule has 1 N–H and O–H groups in total. The third-order valence-electron chi connectivity index (χ3n) is 5.20. The van der Waals surface area contributed by atoms with Crippen molar-refractivity contribution in [3.8, 4) is 0 Å². The van der Waals surface area contributed by atoms with Gasteiger partial charge in [-0.25, -0.2) is 0 Å². The third kappa shape index (κ3) is 4.63. The molecule has 0 bridgehead atoms. The number of rotatable bonds is 4. The van der Waals surface area contributed by atoms with Gasteiger partial charge in [0.05, 0.1) is 5.00 Å². The zero-order chi connectivity index (χ0) is 16.8. The van der Waals surface area contributed by atoms with Crippen LogP contribution in [0, 0.1) is 5.92 Å². The van der Waals surface area contributed by atoms with E-state index in [0.29, 0.717) is 0 Å². The highest BCUT2D eigenvalue weighted by Gasteiger charge is 2.20. The number of nitrogens with zero attached hydrogens (tertiary/aromatic N) is 4. The molecule has 1 aromatic rings. The molecule has 0 radical (unpaired) electrons. The van der Waals surface area contributed by atoms with E-state index in [-0.39, 0.29) is 0 Å². The highest BCUT2D eigenvalue weighted by molar-refractivity contribution is 7.14. The first-order chi connectivity index (χ1) is 11.8. The van der Waals surface area contributed by atoms with Gasteiger partial charge in [-0.2, -0.15) is 0 Å². The monoisotopic (exact) mass is 349 g/mol. The highest BCUT2D eigenvalue weighted by Crippen LogP contribution is 2.22. The molecule has 2 aliphatic rings. The van der Waals surface area contributed by atoms with Gasteiger partial charge in [0, 0.05) is 46.3 Å². The lowest BCUT2D eigenvalue weighted by Gasteiger charge is -2.37. The lowest BCUT2D eigenvalue weighted by Crippen LogP contribution is -2.53. The molecule has 0 saturated carbocycles. The maximum atomic E-state index is 4.49. The highest BCUT2D eigenvalue weighted by atomic mass is 32.1. The van der Waals surface area contributed by atoms with Crippen LogP contribution < -0.4 is 10.2 Å². The number of hydrogen-bond donors (Lipinski definition) is 1. The van der Waals surface area contributed by atoms with Crippen LogP contribution in [0.5, 0.6) is 0 Å². The summed E-state index contributed by atoms with van der Waals surface area (Å²) in [5.41, 5.74) is 0. The second kappa shape index (κ2) is 8.72. The normalized spacial score (nSPS) is 21.3. The molecular weight excluding hydrogens is 318 g/mol. The summed E-state index contributed by atoms with van der Waals surface area (Å²) in [6.45, 7) is 11.2. The molecule has 1 aromatic heterocycles. The van der Waals surface area contributed by atoms with Crippen molar-refractivity contribution in [1.82, 2.24) is 15.1 Å². The van der Waals surface area contributed by atoms with Crippen LogP contribution in [0.15, 0.2) is 22.5 Å². The van der Waals surface area contributed by atoms with Crippen molar-refractivity contribution in [3.05, 3.63) is 17.5 Å². The topological polar surface area (TPSA) is 34.1 Å². The Labute approximate surface area is 150 Å². The molecule has 3 rings (SSSR count). The van der Waals surface area contributed by atoms with Gasteiger partial charge in [-0.3, -0.25) is 4.99 Å². The molecular formula is C18H31N5S. The molecule has 3 heterocycles. The van der Waals surface area contributed by atoms with E-state index in [9.17, 15) is 0 Å². The molecule has 0 amide bonds. The molecule has 2 saturated heterocycles. The van der Waals surface area contributed by atoms with Crippen LogP contribution in [0.25, 0.3) is 0 Å². The average Bonchev–Trinajstić information content (AvgIpc) is 3.15. The van der Waals surface area contributed by atoms with Crippen molar-refractivity contribution in [2.24, 2.45) is 10.9 Å². The van der Waals surface area contributed by atoms with Crippen LogP contribution in [-0.4, -0.2) is 75.2 Å². The molecule has 2 fully saturated rings. The van der Waals surface area contributed by atoms with E-state index in [4.69, 9.17) is 0 Å². The van der Waals surface area contributed by atoms with Crippen molar-refractivity contribution >= 4 is 22.3 Å². The number of guanidine groups is 1. The summed E-state index contributed by atoms with van der Waals surface area (Å²) in [6, 6.07) is 4.35. The number of anilines is 1. The van der Waals surface area contributed by atoms with E-state index in [1.807, 2.05) is 18.4 Å². The summed E-state index contributed by atoms with van der Waals surface area (Å²) in [4.78, 5) is 11.9. The maximum absolute atomic E-state index is 4.49. The van der Waals surface area contributed by atoms with Gasteiger partial charge in [0.25, 0.3) is 0 Å². The van der Waals surface area contributed by atoms with Gasteiger partial charge in [0.1, 0.15) is 0 Å². The fraction of sp³-hybridized carbons (Fsp3) is 0.722. The van der Waals surface area contributed by atoms with Gasteiger partial charge >= 0.3 is 0 Å². The smallest absolute Gasteiger partial charge is 0.193 e. The van der Waals surface area contributed by atoms with E-state index < -0.39 is 0 Å². The molecule has 6 heteroatoms. The maximum Gasteiger partial charge on any atom is 0.193 e. The number of piperazine rings is 1. The standard InChI is InChI=1S/C18H31N5S/c1-16-5-8-21(9-6-16)10-7-20-18(19-2)23-13-11-22(12-14-23)17-4-3-15-24-17/h3-4,15-16H,5-14H2,1-2H3,(H,19,20). The minimum Gasteiger partial charge on any atom is -0.360 e. The minimum absolute atomic E-state index is 0.904. The summed E-state index contributed by atoms with van der Waals surface area (Å²) in [5.74, 6) is 1.97. The number of aliphatic imine (C=N–C) groups is 1. The molecule has 0 unspecified atom stereocenters. The van der Waals surface area contributed by atoms with E-state index in [2.05, 4.69) is 49.4 Å². The fourth-order valence-corrected chi connectivity index (χ4v) is 4.32. The Hall–Kier alpha value is -1.27. The first-order valence-electron chi connectivity index (χ1n) is 9.22. The van der Waals surface area contributed by atoms with E-state index in [0.717, 1.165) is 51.1 Å². The van der Waals surface area contributed by atoms with Crippen molar-refractivity contribution in [2.75, 3.05) is 64.3 Å². The Morgan fingerprint density at radius 3 is 2.58 bits per heavy atom. The molecule has 24 heavy (non-hydrogen) atoms. The van der Waals surface area contributed by atoms with Crippen LogP contribution in [0.1, 0.15) is 19.8 Å². The first kappa shape index (κ1) is 17.5. The predicted molar refractivity (Wildman–Crippen MR) is 104 cm³/mol. The molecule has 0 aliphatic carbocycles. The molecule has 2 aliphatic heterocycles. The molecule has 0 atom stereocenters. The summed E-state index contributed by atoms with van der Waals surface area (Å²) < 4.78 is 0. The van der Waals surface area contributed by atoms with E-state index in [1.165, 1.54) is 30.9 Å². The molecule has 0 spiro atoms. The van der Waals surface area contributed by atoms with Gasteiger partial charge in [-0.15, -0.1) is 11.3 Å². The Bertz CT molecular complexity index is 499. The lowest BCUT2D eigenvalue weighted by molar-refractivity contribution is 0.194. The number of nitrogens with one attached hydrogen (secondary N) is 1. The summed E-state index contributed by atoms with van der Waals surface area (Å²) in [6.07, 6.45) is 2.69. The van der Waals surface area contributed by atoms with Crippen molar-refractivity contribution < 1.29 is 0 Å². The number of piperidine rings is 1. The first-order valence-corrected chi connectivity index (χ1v) is 10.1. The van der Waals surface area contributed by atoms with Gasteiger partial charge in [-0.1, -0.05) is 6.92 Å². The zero-order valence-corrected chi connectivity index (χ0v) is 15.9. The average molecular weight is 350 g/mol. The van der Waals surface area contributed by atoms with Crippen molar-refractivity contribution in [2.45, 2.75) is 19.8 Å².